The first kappa shape index (κ1) is 15.8. The molecule has 0 aliphatic rings. The highest BCUT2D eigenvalue weighted by molar-refractivity contribution is 5.47. The van der Waals surface area contributed by atoms with E-state index in [4.69, 9.17) is 4.74 Å². The molecule has 3 heteroatoms. The molecule has 2 atom stereocenters. The average molecular weight is 265 g/mol. The van der Waals surface area contributed by atoms with Crippen molar-refractivity contribution >= 4 is 5.69 Å². The summed E-state index contributed by atoms with van der Waals surface area (Å²) < 4.78 is 5.15. The molecule has 1 rings (SSSR count). The van der Waals surface area contributed by atoms with E-state index < -0.39 is 0 Å². The highest BCUT2D eigenvalue weighted by Gasteiger charge is 2.13. The number of benzene rings is 1. The molecule has 0 bridgehead atoms. The Morgan fingerprint density at radius 3 is 2.26 bits per heavy atom. The minimum Gasteiger partial charge on any atom is -0.497 e. The van der Waals surface area contributed by atoms with Crippen molar-refractivity contribution in [1.82, 2.24) is 0 Å². The Morgan fingerprint density at radius 2 is 1.74 bits per heavy atom. The summed E-state index contributed by atoms with van der Waals surface area (Å²) in [7, 11) is 1.67. The summed E-state index contributed by atoms with van der Waals surface area (Å²) >= 11 is 0. The summed E-state index contributed by atoms with van der Waals surface area (Å²) in [5, 5.41) is 13.5. The topological polar surface area (TPSA) is 41.5 Å². The van der Waals surface area contributed by atoms with Gasteiger partial charge in [0.1, 0.15) is 5.75 Å². The lowest BCUT2D eigenvalue weighted by Gasteiger charge is -2.22. The van der Waals surface area contributed by atoms with Gasteiger partial charge in [-0.1, -0.05) is 26.7 Å². The van der Waals surface area contributed by atoms with Gasteiger partial charge < -0.3 is 15.2 Å². The molecule has 0 fully saturated rings. The van der Waals surface area contributed by atoms with Gasteiger partial charge in [-0.25, -0.2) is 0 Å². The highest BCUT2D eigenvalue weighted by atomic mass is 16.5. The Bertz CT molecular complexity index is 337. The second kappa shape index (κ2) is 8.81. The maximum atomic E-state index is 9.95. The molecule has 0 unspecified atom stereocenters. The maximum absolute atomic E-state index is 9.95. The molecule has 0 aliphatic carbocycles. The number of hydrogen-bond donors (Lipinski definition) is 2. The smallest absolute Gasteiger partial charge is 0.119 e. The number of rotatable bonds is 9. The van der Waals surface area contributed by atoms with Crippen LogP contribution in [0.25, 0.3) is 0 Å². The third-order valence-electron chi connectivity index (χ3n) is 3.28. The van der Waals surface area contributed by atoms with Crippen LogP contribution < -0.4 is 10.1 Å². The number of anilines is 1. The molecule has 0 saturated heterocycles. The van der Waals surface area contributed by atoms with Crippen molar-refractivity contribution in [2.45, 2.75) is 58.1 Å². The van der Waals surface area contributed by atoms with Crippen LogP contribution in [0.15, 0.2) is 24.3 Å². The van der Waals surface area contributed by atoms with Gasteiger partial charge in [0.2, 0.25) is 0 Å². The number of aliphatic hydroxyl groups excluding tert-OH is 1. The van der Waals surface area contributed by atoms with E-state index in [0.717, 1.165) is 43.5 Å². The number of aliphatic hydroxyl groups is 1. The fraction of sp³-hybridized carbons (Fsp3) is 0.625. The third-order valence-corrected chi connectivity index (χ3v) is 3.28. The predicted molar refractivity (Wildman–Crippen MR) is 80.8 cm³/mol. The van der Waals surface area contributed by atoms with Crippen LogP contribution in [0.1, 0.15) is 46.0 Å². The van der Waals surface area contributed by atoms with Crippen molar-refractivity contribution in [2.75, 3.05) is 12.4 Å². The summed E-state index contributed by atoms with van der Waals surface area (Å²) in [4.78, 5) is 0. The van der Waals surface area contributed by atoms with E-state index in [1.807, 2.05) is 24.3 Å². The number of ether oxygens (including phenoxy) is 1. The first-order chi connectivity index (χ1) is 9.19. The van der Waals surface area contributed by atoms with Crippen molar-refractivity contribution in [3.8, 4) is 5.75 Å². The molecule has 0 aromatic heterocycles. The van der Waals surface area contributed by atoms with Gasteiger partial charge in [-0.3, -0.25) is 0 Å². The van der Waals surface area contributed by atoms with E-state index in [1.165, 1.54) is 0 Å². The molecule has 0 aliphatic heterocycles. The summed E-state index contributed by atoms with van der Waals surface area (Å²) in [5.41, 5.74) is 1.09. The summed E-state index contributed by atoms with van der Waals surface area (Å²) in [6.45, 7) is 4.28. The van der Waals surface area contributed by atoms with Gasteiger partial charge in [0, 0.05) is 11.7 Å². The van der Waals surface area contributed by atoms with Gasteiger partial charge >= 0.3 is 0 Å². The molecule has 0 heterocycles. The summed E-state index contributed by atoms with van der Waals surface area (Å²) in [6.07, 6.45) is 4.72. The number of hydrogen-bond acceptors (Lipinski definition) is 3. The maximum Gasteiger partial charge on any atom is 0.119 e. The Labute approximate surface area is 117 Å². The second-order valence-electron chi connectivity index (χ2n) is 5.04. The zero-order chi connectivity index (χ0) is 14.1. The zero-order valence-electron chi connectivity index (χ0n) is 12.4. The highest BCUT2D eigenvalue weighted by Crippen LogP contribution is 2.19. The van der Waals surface area contributed by atoms with E-state index in [1.54, 1.807) is 7.11 Å². The Balaban J connectivity index is 2.55. The fourth-order valence-electron chi connectivity index (χ4n) is 2.30. The lowest BCUT2D eigenvalue weighted by atomic mass is 10.0. The second-order valence-corrected chi connectivity index (χ2v) is 5.04. The third kappa shape index (κ3) is 5.97. The van der Waals surface area contributed by atoms with Crippen LogP contribution in [0, 0.1) is 0 Å². The molecule has 19 heavy (non-hydrogen) atoms. The molecule has 0 amide bonds. The van der Waals surface area contributed by atoms with Crippen LogP contribution in [0.5, 0.6) is 5.75 Å². The first-order valence-electron chi connectivity index (χ1n) is 7.28. The van der Waals surface area contributed by atoms with Gasteiger partial charge in [0.15, 0.2) is 0 Å². The minimum absolute atomic E-state index is 0.202. The Morgan fingerprint density at radius 1 is 1.11 bits per heavy atom. The van der Waals surface area contributed by atoms with Crippen LogP contribution >= 0.6 is 0 Å². The minimum atomic E-state index is -0.202. The van der Waals surface area contributed by atoms with Crippen molar-refractivity contribution in [1.29, 1.82) is 0 Å². The Kier molecular flexibility index (Phi) is 7.34. The molecule has 0 saturated carbocycles. The van der Waals surface area contributed by atoms with Crippen LogP contribution in [-0.2, 0) is 0 Å². The lowest BCUT2D eigenvalue weighted by molar-refractivity contribution is 0.146. The quantitative estimate of drug-likeness (QED) is 0.713. The van der Waals surface area contributed by atoms with E-state index in [2.05, 4.69) is 19.2 Å². The number of nitrogens with one attached hydrogen (secondary N) is 1. The van der Waals surface area contributed by atoms with Crippen LogP contribution in [0.3, 0.4) is 0 Å². The molecule has 2 N–H and O–H groups in total. The van der Waals surface area contributed by atoms with Crippen LogP contribution in [0.4, 0.5) is 5.69 Å². The largest absolute Gasteiger partial charge is 0.497 e. The van der Waals surface area contributed by atoms with E-state index in [-0.39, 0.29) is 6.10 Å². The predicted octanol–water partition coefficient (Wildman–Crippen LogP) is 3.83. The van der Waals surface area contributed by atoms with Gasteiger partial charge in [-0.05, 0) is 43.5 Å². The molecule has 1 aromatic rings. The standard InChI is InChI=1S/C16H27NO2/c1-4-6-14(12-15(18)7-5-2)17-13-8-10-16(19-3)11-9-13/h8-11,14-15,17-18H,4-7,12H2,1-3H3/t14-,15+/m1/s1. The molecule has 3 nitrogen and oxygen atoms in total. The molecular weight excluding hydrogens is 238 g/mol. The Hall–Kier alpha value is -1.22. The van der Waals surface area contributed by atoms with Crippen LogP contribution in [-0.4, -0.2) is 24.4 Å². The van der Waals surface area contributed by atoms with Gasteiger partial charge in [0.05, 0.1) is 13.2 Å². The molecule has 0 spiro atoms. The van der Waals surface area contributed by atoms with Gasteiger partial charge in [-0.15, -0.1) is 0 Å². The van der Waals surface area contributed by atoms with Crippen molar-refractivity contribution in [2.24, 2.45) is 0 Å². The summed E-state index contributed by atoms with van der Waals surface area (Å²) in [6, 6.07) is 8.28. The zero-order valence-corrected chi connectivity index (χ0v) is 12.4. The lowest BCUT2D eigenvalue weighted by Crippen LogP contribution is -2.25. The van der Waals surface area contributed by atoms with Crippen LogP contribution in [0.2, 0.25) is 0 Å². The van der Waals surface area contributed by atoms with Crippen molar-refractivity contribution in [3.63, 3.8) is 0 Å². The molecule has 108 valence electrons. The van der Waals surface area contributed by atoms with Crippen molar-refractivity contribution < 1.29 is 9.84 Å². The SMILES string of the molecule is CCC[C@H](O)C[C@@H](CCC)Nc1ccc(OC)cc1. The van der Waals surface area contributed by atoms with Gasteiger partial charge in [-0.2, -0.15) is 0 Å². The van der Waals surface area contributed by atoms with Crippen molar-refractivity contribution in [3.05, 3.63) is 24.3 Å². The van der Waals surface area contributed by atoms with Gasteiger partial charge in [0.25, 0.3) is 0 Å². The van der Waals surface area contributed by atoms with E-state index in [0.29, 0.717) is 6.04 Å². The molecule has 1 aromatic carbocycles. The average Bonchev–Trinajstić information content (AvgIpc) is 2.40. The fourth-order valence-corrected chi connectivity index (χ4v) is 2.30. The molecular formula is C16H27NO2. The summed E-state index contributed by atoms with van der Waals surface area (Å²) in [5.74, 6) is 0.864. The number of methoxy groups -OCH3 is 1. The normalized spacial score (nSPS) is 13.9. The first-order valence-corrected chi connectivity index (χ1v) is 7.28. The van der Waals surface area contributed by atoms with E-state index in [9.17, 15) is 5.11 Å². The van der Waals surface area contributed by atoms with E-state index >= 15 is 0 Å². The monoisotopic (exact) mass is 265 g/mol. The molecule has 0 radical (unpaired) electrons.